The van der Waals surface area contributed by atoms with Crippen LogP contribution in [0, 0.1) is 0 Å². The van der Waals surface area contributed by atoms with Crippen molar-refractivity contribution in [2.75, 3.05) is 11.0 Å². The van der Waals surface area contributed by atoms with Crippen LogP contribution in [-0.4, -0.2) is 20.6 Å². The quantitative estimate of drug-likeness (QED) is 0.792. The molecule has 1 aliphatic rings. The molecule has 1 aliphatic carbocycles. The van der Waals surface area contributed by atoms with Crippen LogP contribution in [0.5, 0.6) is 0 Å². The summed E-state index contributed by atoms with van der Waals surface area (Å²) in [4.78, 5) is 12.7. The topological polar surface area (TPSA) is 75.3 Å². The van der Waals surface area contributed by atoms with Crippen LogP contribution in [0.25, 0.3) is 0 Å². The van der Waals surface area contributed by atoms with Gasteiger partial charge in [-0.3, -0.25) is 9.52 Å². The molecule has 3 rings (SSSR count). The van der Waals surface area contributed by atoms with Gasteiger partial charge in [-0.2, -0.15) is 0 Å². The predicted molar refractivity (Wildman–Crippen MR) is 108 cm³/mol. The number of amides is 1. The lowest BCUT2D eigenvalue weighted by Crippen LogP contribution is -2.28. The highest BCUT2D eigenvalue weighted by Gasteiger charge is 2.17. The highest BCUT2D eigenvalue weighted by Crippen LogP contribution is 2.26. The van der Waals surface area contributed by atoms with E-state index in [0.717, 1.165) is 31.1 Å². The van der Waals surface area contributed by atoms with Crippen LogP contribution in [0.3, 0.4) is 0 Å². The minimum absolute atomic E-state index is 0.0729. The fourth-order valence-corrected chi connectivity index (χ4v) is 4.13. The zero-order valence-corrected chi connectivity index (χ0v) is 16.6. The summed E-state index contributed by atoms with van der Waals surface area (Å²) in [5.41, 5.74) is 4.75. The molecule has 0 spiro atoms. The maximum atomic E-state index is 12.7. The zero-order valence-electron chi connectivity index (χ0n) is 15.8. The molecule has 0 fully saturated rings. The number of benzene rings is 2. The molecule has 1 atom stereocenters. The molecule has 144 valence electrons. The van der Waals surface area contributed by atoms with Crippen molar-refractivity contribution in [1.82, 2.24) is 5.32 Å². The van der Waals surface area contributed by atoms with E-state index in [4.69, 9.17) is 0 Å². The van der Waals surface area contributed by atoms with Crippen molar-refractivity contribution in [3.8, 4) is 0 Å². The predicted octanol–water partition coefficient (Wildman–Crippen LogP) is 3.82. The molecule has 0 saturated carbocycles. The summed E-state index contributed by atoms with van der Waals surface area (Å²) >= 11 is 0. The molecule has 5 nitrogen and oxygen atoms in total. The number of anilines is 1. The lowest BCUT2D eigenvalue weighted by Gasteiger charge is -2.22. The average Bonchev–Trinajstić information content (AvgIpc) is 2.64. The SMILES string of the molecule is CC[C@@H](NC(=O)c1cccc(NS(C)(=O)=O)c1)c1ccc2c(c1)CCCC2. The Morgan fingerprint density at radius 1 is 1.07 bits per heavy atom. The van der Waals surface area contributed by atoms with Gasteiger partial charge in [-0.05, 0) is 67.0 Å². The molecule has 0 heterocycles. The number of carbonyl (C=O) groups is 1. The van der Waals surface area contributed by atoms with Crippen molar-refractivity contribution in [1.29, 1.82) is 0 Å². The van der Waals surface area contributed by atoms with E-state index >= 15 is 0 Å². The number of rotatable bonds is 6. The van der Waals surface area contributed by atoms with Crippen molar-refractivity contribution in [3.05, 3.63) is 64.7 Å². The molecule has 0 saturated heterocycles. The van der Waals surface area contributed by atoms with Gasteiger partial charge in [-0.15, -0.1) is 0 Å². The molecule has 27 heavy (non-hydrogen) atoms. The van der Waals surface area contributed by atoms with Crippen LogP contribution in [0.2, 0.25) is 0 Å². The first kappa shape index (κ1) is 19.4. The van der Waals surface area contributed by atoms with Crippen molar-refractivity contribution in [3.63, 3.8) is 0 Å². The maximum absolute atomic E-state index is 12.7. The van der Waals surface area contributed by atoms with Crippen LogP contribution in [0.15, 0.2) is 42.5 Å². The second-order valence-electron chi connectivity index (χ2n) is 7.12. The van der Waals surface area contributed by atoms with E-state index in [1.165, 1.54) is 24.0 Å². The largest absolute Gasteiger partial charge is 0.345 e. The Morgan fingerprint density at radius 3 is 2.52 bits per heavy atom. The molecule has 6 heteroatoms. The van der Waals surface area contributed by atoms with Gasteiger partial charge in [0.15, 0.2) is 0 Å². The second kappa shape index (κ2) is 8.13. The fraction of sp³-hybridized carbons (Fsp3) is 0.381. The first-order valence-corrected chi connectivity index (χ1v) is 11.3. The third kappa shape index (κ3) is 5.10. The van der Waals surface area contributed by atoms with Gasteiger partial charge in [0.1, 0.15) is 0 Å². The van der Waals surface area contributed by atoms with Crippen LogP contribution in [0.1, 0.15) is 59.3 Å². The highest BCUT2D eigenvalue weighted by molar-refractivity contribution is 7.92. The monoisotopic (exact) mass is 386 g/mol. The number of sulfonamides is 1. The van der Waals surface area contributed by atoms with Gasteiger partial charge < -0.3 is 5.32 Å². The number of carbonyl (C=O) groups excluding carboxylic acids is 1. The molecule has 0 radical (unpaired) electrons. The lowest BCUT2D eigenvalue weighted by molar-refractivity contribution is 0.0935. The Labute approximate surface area is 161 Å². The van der Waals surface area contributed by atoms with E-state index in [1.807, 2.05) is 6.92 Å². The van der Waals surface area contributed by atoms with E-state index in [0.29, 0.717) is 11.3 Å². The van der Waals surface area contributed by atoms with Crippen LogP contribution in [0.4, 0.5) is 5.69 Å². The summed E-state index contributed by atoms with van der Waals surface area (Å²) in [5, 5.41) is 3.08. The van der Waals surface area contributed by atoms with E-state index < -0.39 is 10.0 Å². The zero-order chi connectivity index (χ0) is 19.4. The number of aryl methyl sites for hydroxylation is 2. The molecule has 0 aromatic heterocycles. The molecular formula is C21H26N2O3S. The normalized spacial score (nSPS) is 14.9. The Bertz CT molecular complexity index is 938. The second-order valence-corrected chi connectivity index (χ2v) is 8.87. The molecule has 2 aromatic rings. The molecule has 0 bridgehead atoms. The number of nitrogens with one attached hydrogen (secondary N) is 2. The summed E-state index contributed by atoms with van der Waals surface area (Å²) in [5.74, 6) is -0.211. The van der Waals surface area contributed by atoms with Crippen molar-refractivity contribution >= 4 is 21.6 Å². The van der Waals surface area contributed by atoms with E-state index in [-0.39, 0.29) is 11.9 Å². The smallest absolute Gasteiger partial charge is 0.251 e. The van der Waals surface area contributed by atoms with Gasteiger partial charge in [-0.25, -0.2) is 8.42 Å². The van der Waals surface area contributed by atoms with Crippen molar-refractivity contribution < 1.29 is 13.2 Å². The van der Waals surface area contributed by atoms with Crippen molar-refractivity contribution in [2.24, 2.45) is 0 Å². The Kier molecular flexibility index (Phi) is 5.85. The first-order chi connectivity index (χ1) is 12.9. The summed E-state index contributed by atoms with van der Waals surface area (Å²) in [7, 11) is -3.38. The van der Waals surface area contributed by atoms with Gasteiger partial charge in [-0.1, -0.05) is 31.2 Å². The third-order valence-corrected chi connectivity index (χ3v) is 5.52. The minimum Gasteiger partial charge on any atom is -0.345 e. The molecule has 0 aliphatic heterocycles. The number of fused-ring (bicyclic) bond motifs is 1. The van der Waals surface area contributed by atoms with Crippen molar-refractivity contribution in [2.45, 2.75) is 45.1 Å². The van der Waals surface area contributed by atoms with Crippen LogP contribution < -0.4 is 10.0 Å². The highest BCUT2D eigenvalue weighted by atomic mass is 32.2. The van der Waals surface area contributed by atoms with E-state index in [1.54, 1.807) is 24.3 Å². The van der Waals surface area contributed by atoms with E-state index in [2.05, 4.69) is 28.2 Å². The standard InChI is InChI=1S/C21H26N2O3S/c1-3-20(17-12-11-15-7-4-5-8-16(15)13-17)22-21(24)18-9-6-10-19(14-18)23-27(2,25)26/h6,9-14,20,23H,3-5,7-8H2,1-2H3,(H,22,24)/t20-/m1/s1. The summed E-state index contributed by atoms with van der Waals surface area (Å²) in [6, 6.07) is 13.0. The lowest BCUT2D eigenvalue weighted by atomic mass is 9.88. The van der Waals surface area contributed by atoms with Gasteiger partial charge in [0.05, 0.1) is 12.3 Å². The summed E-state index contributed by atoms with van der Waals surface area (Å²) in [6.45, 7) is 2.05. The molecule has 1 amide bonds. The molecule has 2 N–H and O–H groups in total. The summed E-state index contributed by atoms with van der Waals surface area (Å²) < 4.78 is 25.2. The average molecular weight is 387 g/mol. The molecule has 2 aromatic carbocycles. The van der Waals surface area contributed by atoms with Gasteiger partial charge in [0.25, 0.3) is 5.91 Å². The van der Waals surface area contributed by atoms with E-state index in [9.17, 15) is 13.2 Å². The van der Waals surface area contributed by atoms with Gasteiger partial charge in [0, 0.05) is 11.3 Å². The summed E-state index contributed by atoms with van der Waals surface area (Å²) in [6.07, 6.45) is 6.58. The fourth-order valence-electron chi connectivity index (χ4n) is 3.57. The molecular weight excluding hydrogens is 360 g/mol. The van der Waals surface area contributed by atoms with Gasteiger partial charge >= 0.3 is 0 Å². The number of hydrogen-bond acceptors (Lipinski definition) is 3. The Balaban J connectivity index is 1.76. The van der Waals surface area contributed by atoms with Crippen LogP contribution >= 0.6 is 0 Å². The van der Waals surface area contributed by atoms with Gasteiger partial charge in [0.2, 0.25) is 10.0 Å². The first-order valence-electron chi connectivity index (χ1n) is 9.36. The van der Waals surface area contributed by atoms with Crippen LogP contribution in [-0.2, 0) is 22.9 Å². The minimum atomic E-state index is -3.38. The Morgan fingerprint density at radius 2 is 1.81 bits per heavy atom. The Hall–Kier alpha value is -2.34. The third-order valence-electron chi connectivity index (χ3n) is 4.92. The maximum Gasteiger partial charge on any atom is 0.251 e. The molecule has 0 unspecified atom stereocenters. The number of hydrogen-bond donors (Lipinski definition) is 2.